The monoisotopic (exact) mass is 494 g/mol. The number of hydrogen-bond acceptors (Lipinski definition) is 5. The Labute approximate surface area is 206 Å². The van der Waals surface area contributed by atoms with Crippen LogP contribution in [0.5, 0.6) is 5.75 Å². The van der Waals surface area contributed by atoms with Crippen LogP contribution in [0.25, 0.3) is 23.1 Å². The van der Waals surface area contributed by atoms with E-state index >= 15 is 0 Å². The Bertz CT molecular complexity index is 1060. The molecule has 2 aromatic carbocycles. The van der Waals surface area contributed by atoms with Crippen LogP contribution in [0, 0.1) is 0 Å². The zero-order chi connectivity index (χ0) is 21.1. The van der Waals surface area contributed by atoms with Crippen LogP contribution in [0.1, 0.15) is 55.6 Å². The van der Waals surface area contributed by atoms with Gasteiger partial charge in [0.15, 0.2) is 5.82 Å². The van der Waals surface area contributed by atoms with Crippen molar-refractivity contribution in [2.45, 2.75) is 44.2 Å². The summed E-state index contributed by atoms with van der Waals surface area (Å²) >= 11 is 5.98. The molecule has 1 aliphatic rings. The van der Waals surface area contributed by atoms with Crippen molar-refractivity contribution >= 4 is 59.5 Å². The van der Waals surface area contributed by atoms with E-state index in [-0.39, 0.29) is 24.8 Å². The molecule has 1 fully saturated rings. The molecule has 0 radical (unpaired) electrons. The molecule has 4 rings (SSSR count). The normalized spacial score (nSPS) is 15.9. The maximum absolute atomic E-state index is 6.15. The molecule has 0 saturated heterocycles. The second kappa shape index (κ2) is 11.3. The molecule has 32 heavy (non-hydrogen) atoms. The third-order valence-electron chi connectivity index (χ3n) is 5.62. The highest BCUT2D eigenvalue weighted by Gasteiger charge is 2.30. The van der Waals surface area contributed by atoms with Gasteiger partial charge in [-0.2, -0.15) is 0 Å². The van der Waals surface area contributed by atoms with E-state index in [0.29, 0.717) is 18.3 Å². The van der Waals surface area contributed by atoms with Crippen LogP contribution in [0.15, 0.2) is 42.5 Å². The summed E-state index contributed by atoms with van der Waals surface area (Å²) in [4.78, 5) is 9.71. The second-order valence-electron chi connectivity index (χ2n) is 7.97. The number of benzene rings is 2. The minimum absolute atomic E-state index is 0. The van der Waals surface area contributed by atoms with Crippen LogP contribution in [-0.4, -0.2) is 22.2 Å². The molecule has 172 valence electrons. The van der Waals surface area contributed by atoms with Crippen LogP contribution >= 0.6 is 36.4 Å². The van der Waals surface area contributed by atoms with Gasteiger partial charge in [0.05, 0.1) is 23.5 Å². The Hall–Kier alpha value is -1.89. The lowest BCUT2D eigenvalue weighted by Crippen LogP contribution is -2.51. The van der Waals surface area contributed by atoms with Crippen molar-refractivity contribution in [3.8, 4) is 5.75 Å². The first-order chi connectivity index (χ1) is 14.4. The Kier molecular flexibility index (Phi) is 9.31. The van der Waals surface area contributed by atoms with E-state index in [9.17, 15) is 0 Å². The average molecular weight is 496 g/mol. The fourth-order valence-corrected chi connectivity index (χ4v) is 4.09. The quantitative estimate of drug-likeness (QED) is 0.426. The van der Waals surface area contributed by atoms with Crippen molar-refractivity contribution in [3.05, 3.63) is 64.6 Å². The van der Waals surface area contributed by atoms with E-state index in [4.69, 9.17) is 37.8 Å². The highest BCUT2D eigenvalue weighted by Crippen LogP contribution is 2.37. The Balaban J connectivity index is 0.00000181. The summed E-state index contributed by atoms with van der Waals surface area (Å²) in [5, 5.41) is 1.76. The molecular formula is C24H29Cl3N4O. The molecule has 0 spiro atoms. The van der Waals surface area contributed by atoms with E-state index < -0.39 is 5.66 Å². The van der Waals surface area contributed by atoms with Gasteiger partial charge in [0.2, 0.25) is 0 Å². The van der Waals surface area contributed by atoms with Crippen LogP contribution in [0.3, 0.4) is 0 Å². The summed E-state index contributed by atoms with van der Waals surface area (Å²) < 4.78 is 5.71. The molecule has 3 aromatic rings. The molecular weight excluding hydrogens is 467 g/mol. The van der Waals surface area contributed by atoms with Gasteiger partial charge in [0.1, 0.15) is 5.75 Å². The van der Waals surface area contributed by atoms with Gasteiger partial charge in [-0.15, -0.1) is 24.8 Å². The maximum atomic E-state index is 6.15. The number of halogens is 3. The molecule has 1 aliphatic carbocycles. The lowest BCUT2D eigenvalue weighted by molar-refractivity contribution is 0.279. The van der Waals surface area contributed by atoms with E-state index in [0.717, 1.165) is 58.6 Å². The van der Waals surface area contributed by atoms with Crippen LogP contribution < -0.4 is 16.2 Å². The first-order valence-electron chi connectivity index (χ1n) is 10.4. The van der Waals surface area contributed by atoms with E-state index in [1.54, 1.807) is 0 Å². The number of aromatic nitrogens is 2. The molecule has 0 amide bonds. The molecule has 1 saturated carbocycles. The zero-order valence-electron chi connectivity index (χ0n) is 18.0. The first kappa shape index (κ1) is 26.4. The van der Waals surface area contributed by atoms with E-state index in [1.165, 1.54) is 0 Å². The van der Waals surface area contributed by atoms with Crippen molar-refractivity contribution in [1.29, 1.82) is 0 Å². The van der Waals surface area contributed by atoms with E-state index in [2.05, 4.69) is 0 Å². The number of nitrogens with zero attached hydrogens (tertiary/aromatic N) is 2. The predicted molar refractivity (Wildman–Crippen MR) is 138 cm³/mol. The lowest BCUT2D eigenvalue weighted by Gasteiger charge is -2.34. The third-order valence-corrected chi connectivity index (χ3v) is 5.88. The molecule has 1 aromatic heterocycles. The summed E-state index contributed by atoms with van der Waals surface area (Å²) in [6.45, 7) is 2.60. The van der Waals surface area contributed by atoms with Gasteiger partial charge >= 0.3 is 0 Å². The fourth-order valence-electron chi connectivity index (χ4n) is 3.97. The average Bonchev–Trinajstić information content (AvgIpc) is 2.73. The van der Waals surface area contributed by atoms with Crippen molar-refractivity contribution < 1.29 is 4.74 Å². The number of hydrogen-bond donors (Lipinski definition) is 2. The molecule has 0 atom stereocenters. The first-order valence-corrected chi connectivity index (χ1v) is 10.8. The van der Waals surface area contributed by atoms with Gasteiger partial charge in [-0.05, 0) is 74.6 Å². The highest BCUT2D eigenvalue weighted by atomic mass is 35.5. The molecule has 8 heteroatoms. The Morgan fingerprint density at radius 2 is 1.72 bits per heavy atom. The summed E-state index contributed by atoms with van der Waals surface area (Å²) in [5.74, 6) is 1.83. The standard InChI is InChI=1S/C24H27ClN4O.2ClH/c1-2-30-19-8-9-21-20(15-19)23(17-11-13-24(26,27)14-12-17)29-22(28-21)10-5-16-3-6-18(25)7-4-16;;/h3-10,15,17H,2,11-14,26-27H2,1H3;2*1H. The molecule has 0 bridgehead atoms. The van der Waals surface area contributed by atoms with Gasteiger partial charge in [0, 0.05) is 16.3 Å². The van der Waals surface area contributed by atoms with Crippen LogP contribution in [0.2, 0.25) is 5.02 Å². The molecule has 1 heterocycles. The third kappa shape index (κ3) is 6.33. The minimum atomic E-state index is -0.576. The zero-order valence-corrected chi connectivity index (χ0v) is 20.3. The van der Waals surface area contributed by atoms with Gasteiger partial charge in [-0.1, -0.05) is 29.8 Å². The highest BCUT2D eigenvalue weighted by molar-refractivity contribution is 6.30. The molecule has 0 aliphatic heterocycles. The Morgan fingerprint density at radius 1 is 1.03 bits per heavy atom. The molecule has 4 N–H and O–H groups in total. The predicted octanol–water partition coefficient (Wildman–Crippen LogP) is 5.97. The summed E-state index contributed by atoms with van der Waals surface area (Å²) in [6, 6.07) is 13.7. The summed E-state index contributed by atoms with van der Waals surface area (Å²) in [6.07, 6.45) is 7.34. The second-order valence-corrected chi connectivity index (χ2v) is 8.41. The maximum Gasteiger partial charge on any atom is 0.152 e. The number of ether oxygens (including phenoxy) is 1. The van der Waals surface area contributed by atoms with E-state index in [1.807, 2.05) is 61.5 Å². The topological polar surface area (TPSA) is 87.0 Å². The lowest BCUT2D eigenvalue weighted by atomic mass is 9.80. The van der Waals surface area contributed by atoms with Crippen molar-refractivity contribution in [1.82, 2.24) is 9.97 Å². The van der Waals surface area contributed by atoms with Crippen LogP contribution in [-0.2, 0) is 0 Å². The largest absolute Gasteiger partial charge is 0.494 e. The van der Waals surface area contributed by atoms with Gasteiger partial charge in [0.25, 0.3) is 0 Å². The van der Waals surface area contributed by atoms with Crippen LogP contribution in [0.4, 0.5) is 0 Å². The summed E-state index contributed by atoms with van der Waals surface area (Å²) in [5.41, 5.74) is 14.7. The van der Waals surface area contributed by atoms with Gasteiger partial charge in [-0.25, -0.2) is 9.97 Å². The number of fused-ring (bicyclic) bond motifs is 1. The van der Waals surface area contributed by atoms with Gasteiger partial charge < -0.3 is 16.2 Å². The van der Waals surface area contributed by atoms with Gasteiger partial charge in [-0.3, -0.25) is 0 Å². The molecule has 5 nitrogen and oxygen atoms in total. The van der Waals surface area contributed by atoms with Crippen molar-refractivity contribution in [2.75, 3.05) is 6.61 Å². The minimum Gasteiger partial charge on any atom is -0.494 e. The van der Waals surface area contributed by atoms with Crippen molar-refractivity contribution in [2.24, 2.45) is 11.5 Å². The SMILES string of the molecule is CCOc1ccc2nc(C=Cc3ccc(Cl)cc3)nc(C3CCC(N)(N)CC3)c2c1.Cl.Cl. The number of rotatable bonds is 5. The number of nitrogens with two attached hydrogens (primary N) is 2. The smallest absolute Gasteiger partial charge is 0.152 e. The Morgan fingerprint density at radius 3 is 2.38 bits per heavy atom. The summed E-state index contributed by atoms with van der Waals surface area (Å²) in [7, 11) is 0. The fraction of sp³-hybridized carbons (Fsp3) is 0.333. The van der Waals surface area contributed by atoms with Crippen molar-refractivity contribution in [3.63, 3.8) is 0 Å². The molecule has 0 unspecified atom stereocenters.